The first-order valence-electron chi connectivity index (χ1n) is 9.17. The molecule has 0 spiro atoms. The van der Waals surface area contributed by atoms with E-state index in [0.717, 1.165) is 43.9 Å². The lowest BCUT2D eigenvalue weighted by Gasteiger charge is -2.45. The van der Waals surface area contributed by atoms with E-state index in [2.05, 4.69) is 53.4 Å². The molecule has 0 aromatic carbocycles. The first kappa shape index (κ1) is 17.4. The average Bonchev–Trinajstić information content (AvgIpc) is 2.96. The quantitative estimate of drug-likeness (QED) is 0.781. The Morgan fingerprint density at radius 3 is 2.75 bits per heavy atom. The Morgan fingerprint density at radius 2 is 2.04 bits per heavy atom. The van der Waals surface area contributed by atoms with Gasteiger partial charge in [-0.3, -0.25) is 14.8 Å². The number of carbonyl (C=O) groups is 1. The molecule has 6 heteroatoms. The third-order valence-electron chi connectivity index (χ3n) is 5.43. The molecule has 1 aromatic rings. The SMILES string of the molecule is CC1CC(C)CN(C(C)(C)CNC(=O)c2n[nH]c3c2CNCC3)C1. The Hall–Kier alpha value is -1.40. The number of aromatic nitrogens is 2. The van der Waals surface area contributed by atoms with Crippen LogP contribution in [-0.2, 0) is 13.0 Å². The molecule has 3 rings (SSSR count). The van der Waals surface area contributed by atoms with Crippen molar-refractivity contribution in [1.29, 1.82) is 0 Å². The van der Waals surface area contributed by atoms with Crippen molar-refractivity contribution >= 4 is 5.91 Å². The van der Waals surface area contributed by atoms with Gasteiger partial charge in [-0.25, -0.2) is 0 Å². The lowest BCUT2D eigenvalue weighted by atomic mass is 9.88. The fraction of sp³-hybridized carbons (Fsp3) is 0.778. The number of piperidine rings is 1. The van der Waals surface area contributed by atoms with E-state index >= 15 is 0 Å². The van der Waals surface area contributed by atoms with Crippen LogP contribution in [0.1, 0.15) is 55.9 Å². The number of aromatic amines is 1. The van der Waals surface area contributed by atoms with E-state index in [1.807, 2.05) is 0 Å². The molecule has 134 valence electrons. The molecule has 0 aliphatic carbocycles. The highest BCUT2D eigenvalue weighted by Crippen LogP contribution is 2.27. The van der Waals surface area contributed by atoms with E-state index in [1.165, 1.54) is 6.42 Å². The van der Waals surface area contributed by atoms with Gasteiger partial charge in [-0.05, 0) is 32.1 Å². The minimum Gasteiger partial charge on any atom is -0.349 e. The van der Waals surface area contributed by atoms with Crippen LogP contribution in [-0.4, -0.2) is 52.7 Å². The standard InChI is InChI=1S/C18H31N5O/c1-12-7-13(2)10-23(9-12)18(3,4)11-20-17(24)16-14-8-19-6-5-15(14)21-22-16/h12-13,19H,5-11H2,1-4H3,(H,20,24)(H,21,22). The minimum absolute atomic E-state index is 0.0484. The van der Waals surface area contributed by atoms with Crippen molar-refractivity contribution in [2.24, 2.45) is 11.8 Å². The first-order chi connectivity index (χ1) is 11.4. The molecule has 1 amide bonds. The number of H-pyrrole nitrogens is 1. The van der Waals surface area contributed by atoms with Gasteiger partial charge in [-0.15, -0.1) is 0 Å². The van der Waals surface area contributed by atoms with Crippen molar-refractivity contribution in [3.05, 3.63) is 17.0 Å². The van der Waals surface area contributed by atoms with Gasteiger partial charge in [0.15, 0.2) is 5.69 Å². The van der Waals surface area contributed by atoms with Crippen LogP contribution in [0.15, 0.2) is 0 Å². The van der Waals surface area contributed by atoms with E-state index in [0.29, 0.717) is 24.1 Å². The summed E-state index contributed by atoms with van der Waals surface area (Å²) in [6.45, 7) is 13.6. The summed E-state index contributed by atoms with van der Waals surface area (Å²) < 4.78 is 0. The third-order valence-corrected chi connectivity index (χ3v) is 5.43. The Bertz CT molecular complexity index is 584. The predicted molar refractivity (Wildman–Crippen MR) is 94.9 cm³/mol. The Labute approximate surface area is 144 Å². The number of carbonyl (C=O) groups excluding carboxylic acids is 1. The zero-order chi connectivity index (χ0) is 17.3. The fourth-order valence-electron chi connectivity index (χ4n) is 4.06. The van der Waals surface area contributed by atoms with Gasteiger partial charge in [-0.1, -0.05) is 13.8 Å². The highest BCUT2D eigenvalue weighted by molar-refractivity contribution is 5.94. The van der Waals surface area contributed by atoms with Gasteiger partial charge in [-0.2, -0.15) is 5.10 Å². The Morgan fingerprint density at radius 1 is 1.33 bits per heavy atom. The van der Waals surface area contributed by atoms with Gasteiger partial charge in [0.05, 0.1) is 0 Å². The number of amides is 1. The van der Waals surface area contributed by atoms with Crippen molar-refractivity contribution in [2.75, 3.05) is 26.2 Å². The molecule has 6 nitrogen and oxygen atoms in total. The smallest absolute Gasteiger partial charge is 0.272 e. The number of fused-ring (bicyclic) bond motifs is 1. The van der Waals surface area contributed by atoms with Gasteiger partial charge < -0.3 is 10.6 Å². The maximum absolute atomic E-state index is 12.6. The van der Waals surface area contributed by atoms with Crippen LogP contribution in [0.25, 0.3) is 0 Å². The maximum Gasteiger partial charge on any atom is 0.272 e. The van der Waals surface area contributed by atoms with Gasteiger partial charge in [0.25, 0.3) is 5.91 Å². The fourth-order valence-corrected chi connectivity index (χ4v) is 4.06. The summed E-state index contributed by atoms with van der Waals surface area (Å²) in [6, 6.07) is 0. The van der Waals surface area contributed by atoms with Gasteiger partial charge >= 0.3 is 0 Å². The average molecular weight is 333 g/mol. The van der Waals surface area contributed by atoms with E-state index in [1.54, 1.807) is 0 Å². The van der Waals surface area contributed by atoms with Crippen molar-refractivity contribution in [1.82, 2.24) is 25.7 Å². The molecular formula is C18H31N5O. The molecule has 3 N–H and O–H groups in total. The van der Waals surface area contributed by atoms with Crippen LogP contribution in [0, 0.1) is 11.8 Å². The van der Waals surface area contributed by atoms with Gasteiger partial charge in [0.2, 0.25) is 0 Å². The van der Waals surface area contributed by atoms with Gasteiger partial charge in [0, 0.05) is 55.9 Å². The molecule has 0 saturated carbocycles. The predicted octanol–water partition coefficient (Wildman–Crippen LogP) is 1.54. The molecule has 1 fully saturated rings. The maximum atomic E-state index is 12.6. The van der Waals surface area contributed by atoms with E-state index < -0.39 is 0 Å². The summed E-state index contributed by atoms with van der Waals surface area (Å²) in [7, 11) is 0. The van der Waals surface area contributed by atoms with E-state index in [9.17, 15) is 4.79 Å². The lowest BCUT2D eigenvalue weighted by molar-refractivity contribution is 0.0444. The minimum atomic E-state index is -0.0672. The van der Waals surface area contributed by atoms with Crippen LogP contribution in [0.5, 0.6) is 0 Å². The molecule has 2 aliphatic heterocycles. The van der Waals surface area contributed by atoms with Crippen LogP contribution in [0.3, 0.4) is 0 Å². The highest BCUT2D eigenvalue weighted by atomic mass is 16.2. The molecule has 3 heterocycles. The zero-order valence-electron chi connectivity index (χ0n) is 15.4. The Balaban J connectivity index is 1.62. The number of rotatable bonds is 4. The normalized spacial score (nSPS) is 25.3. The monoisotopic (exact) mass is 333 g/mol. The first-order valence-corrected chi connectivity index (χ1v) is 9.17. The van der Waals surface area contributed by atoms with E-state index in [4.69, 9.17) is 0 Å². The molecule has 2 unspecified atom stereocenters. The summed E-state index contributed by atoms with van der Waals surface area (Å²) in [5, 5.41) is 13.7. The van der Waals surface area contributed by atoms with Crippen LogP contribution >= 0.6 is 0 Å². The molecule has 2 aliphatic rings. The summed E-state index contributed by atoms with van der Waals surface area (Å²) in [5.74, 6) is 1.36. The molecule has 2 atom stereocenters. The lowest BCUT2D eigenvalue weighted by Crippen LogP contribution is -2.56. The molecule has 1 aromatic heterocycles. The summed E-state index contributed by atoms with van der Waals surface area (Å²) in [4.78, 5) is 15.1. The third kappa shape index (κ3) is 3.64. The molecular weight excluding hydrogens is 302 g/mol. The summed E-state index contributed by atoms with van der Waals surface area (Å²) in [5.41, 5.74) is 2.62. The number of hydrogen-bond acceptors (Lipinski definition) is 4. The molecule has 1 saturated heterocycles. The zero-order valence-corrected chi connectivity index (χ0v) is 15.4. The largest absolute Gasteiger partial charge is 0.349 e. The van der Waals surface area contributed by atoms with E-state index in [-0.39, 0.29) is 11.4 Å². The van der Waals surface area contributed by atoms with Crippen LogP contribution < -0.4 is 10.6 Å². The number of hydrogen-bond donors (Lipinski definition) is 3. The number of nitrogens with one attached hydrogen (secondary N) is 3. The van der Waals surface area contributed by atoms with Crippen molar-refractivity contribution in [2.45, 2.75) is 52.6 Å². The van der Waals surface area contributed by atoms with Crippen molar-refractivity contribution in [3.63, 3.8) is 0 Å². The second kappa shape index (κ2) is 6.84. The van der Waals surface area contributed by atoms with Crippen LogP contribution in [0.4, 0.5) is 0 Å². The molecule has 0 radical (unpaired) electrons. The van der Waals surface area contributed by atoms with Crippen molar-refractivity contribution in [3.8, 4) is 0 Å². The number of likely N-dealkylation sites (tertiary alicyclic amines) is 1. The second-order valence-electron chi connectivity index (χ2n) is 8.30. The van der Waals surface area contributed by atoms with Crippen LogP contribution in [0.2, 0.25) is 0 Å². The molecule has 24 heavy (non-hydrogen) atoms. The molecule has 0 bridgehead atoms. The topological polar surface area (TPSA) is 73.0 Å². The summed E-state index contributed by atoms with van der Waals surface area (Å²) >= 11 is 0. The highest BCUT2D eigenvalue weighted by Gasteiger charge is 2.33. The Kier molecular flexibility index (Phi) is 4.97. The van der Waals surface area contributed by atoms with Crippen molar-refractivity contribution < 1.29 is 4.79 Å². The number of nitrogens with zero attached hydrogens (tertiary/aromatic N) is 2. The summed E-state index contributed by atoms with van der Waals surface area (Å²) in [6.07, 6.45) is 2.20. The second-order valence-corrected chi connectivity index (χ2v) is 8.30. The van der Waals surface area contributed by atoms with Gasteiger partial charge in [0.1, 0.15) is 0 Å².